The van der Waals surface area contributed by atoms with E-state index in [4.69, 9.17) is 19.6 Å². The first kappa shape index (κ1) is 20.0. The molecule has 33 heavy (non-hydrogen) atoms. The van der Waals surface area contributed by atoms with Crippen LogP contribution in [-0.2, 0) is 0 Å². The Bertz CT molecular complexity index is 1390. The molecule has 1 aromatic carbocycles. The van der Waals surface area contributed by atoms with Gasteiger partial charge in [-0.1, -0.05) is 6.07 Å². The molecule has 0 unspecified atom stereocenters. The summed E-state index contributed by atoms with van der Waals surface area (Å²) < 4.78 is 40.2. The van der Waals surface area contributed by atoms with Gasteiger partial charge in [0.25, 0.3) is 0 Å². The molecular formula is C24H21F2N5O2. The maximum atomic E-state index is 14.5. The quantitative estimate of drug-likeness (QED) is 0.427. The van der Waals surface area contributed by atoms with Gasteiger partial charge in [-0.2, -0.15) is 10.1 Å². The van der Waals surface area contributed by atoms with Crippen molar-refractivity contribution in [1.29, 1.82) is 0 Å². The lowest BCUT2D eigenvalue weighted by atomic mass is 10.0. The summed E-state index contributed by atoms with van der Waals surface area (Å²) in [5, 5.41) is 4.77. The lowest BCUT2D eigenvalue weighted by Gasteiger charge is -2.11. The van der Waals surface area contributed by atoms with Gasteiger partial charge < -0.3 is 9.47 Å². The number of methoxy groups -OCH3 is 2. The first-order valence-electron chi connectivity index (χ1n) is 10.9. The van der Waals surface area contributed by atoms with Gasteiger partial charge in [0.2, 0.25) is 5.88 Å². The molecule has 9 heteroatoms. The minimum atomic E-state index is -0.573. The number of rotatable bonds is 6. The molecule has 6 rings (SSSR count). The Labute approximate surface area is 188 Å². The Kier molecular flexibility index (Phi) is 4.53. The van der Waals surface area contributed by atoms with Crippen LogP contribution in [0.2, 0.25) is 0 Å². The predicted molar refractivity (Wildman–Crippen MR) is 116 cm³/mol. The third-order valence-corrected chi connectivity index (χ3v) is 6.40. The normalized spacial score (nSPS) is 19.6. The van der Waals surface area contributed by atoms with Crippen molar-refractivity contribution in [3.8, 4) is 23.1 Å². The van der Waals surface area contributed by atoms with Crippen molar-refractivity contribution >= 4 is 5.65 Å². The molecular weight excluding hydrogens is 428 g/mol. The number of nitrogens with zero attached hydrogens (tertiary/aromatic N) is 5. The molecule has 2 aliphatic carbocycles. The number of imidazole rings is 1. The molecule has 7 nitrogen and oxygen atoms in total. The van der Waals surface area contributed by atoms with Crippen molar-refractivity contribution in [2.75, 3.05) is 14.2 Å². The summed E-state index contributed by atoms with van der Waals surface area (Å²) in [7, 11) is 3.02. The molecule has 0 aliphatic heterocycles. The lowest BCUT2D eigenvalue weighted by Crippen LogP contribution is -2.03. The number of halogens is 2. The average molecular weight is 449 g/mol. The first-order chi connectivity index (χ1) is 16.1. The number of hydrogen-bond acceptors (Lipinski definition) is 6. The molecule has 0 bridgehead atoms. The van der Waals surface area contributed by atoms with Crippen molar-refractivity contribution in [2.45, 2.75) is 37.0 Å². The average Bonchev–Trinajstić information content (AvgIpc) is 3.75. The largest absolute Gasteiger partial charge is 0.480 e. The molecule has 4 aromatic rings. The maximum Gasteiger partial charge on any atom is 0.319 e. The van der Waals surface area contributed by atoms with Gasteiger partial charge in [-0.25, -0.2) is 23.3 Å². The van der Waals surface area contributed by atoms with Crippen molar-refractivity contribution in [2.24, 2.45) is 0 Å². The van der Waals surface area contributed by atoms with Gasteiger partial charge >= 0.3 is 6.01 Å². The number of hydrogen-bond donors (Lipinski definition) is 0. The molecule has 0 radical (unpaired) electrons. The highest BCUT2D eigenvalue weighted by molar-refractivity contribution is 5.68. The van der Waals surface area contributed by atoms with Crippen LogP contribution < -0.4 is 9.47 Å². The van der Waals surface area contributed by atoms with E-state index in [1.807, 2.05) is 12.3 Å². The molecule has 0 amide bonds. The topological polar surface area (TPSA) is 74.4 Å². The minimum absolute atomic E-state index is 0.0419. The fourth-order valence-corrected chi connectivity index (χ4v) is 4.46. The van der Waals surface area contributed by atoms with Crippen molar-refractivity contribution in [1.82, 2.24) is 24.6 Å². The Balaban J connectivity index is 1.47. The SMILES string of the molecule is COc1ncc(-c2cc([C@H]3C[C@@H]3c3ccc(F)cc3F)c3nc(C4CC4)cn3n2)c(OC)n1. The van der Waals surface area contributed by atoms with Crippen molar-refractivity contribution in [3.63, 3.8) is 0 Å². The van der Waals surface area contributed by atoms with Crippen molar-refractivity contribution in [3.05, 3.63) is 65.1 Å². The summed E-state index contributed by atoms with van der Waals surface area (Å²) in [6.45, 7) is 0. The van der Waals surface area contributed by atoms with Gasteiger partial charge in [-0.3, -0.25) is 0 Å². The molecule has 3 aromatic heterocycles. The van der Waals surface area contributed by atoms with Gasteiger partial charge in [0.05, 0.1) is 37.4 Å². The molecule has 168 valence electrons. The lowest BCUT2D eigenvalue weighted by molar-refractivity contribution is 0.353. The standard InChI is InChI=1S/C24H21F2N5O2/c1-32-23-18(10-27-24(29-23)33-2)20-9-17(22-28-21(12-3-4-12)11-31(22)30-20)16-8-15(16)14-6-5-13(25)7-19(14)26/h5-7,9-12,15-16H,3-4,8H2,1-2H3/t15-,16+/m1/s1. The zero-order valence-electron chi connectivity index (χ0n) is 18.1. The Morgan fingerprint density at radius 1 is 1.00 bits per heavy atom. The van der Waals surface area contributed by atoms with Gasteiger partial charge in [0, 0.05) is 23.7 Å². The van der Waals surface area contributed by atoms with E-state index in [0.29, 0.717) is 28.6 Å². The third-order valence-electron chi connectivity index (χ3n) is 6.40. The smallest absolute Gasteiger partial charge is 0.319 e. The first-order valence-corrected chi connectivity index (χ1v) is 10.9. The highest BCUT2D eigenvalue weighted by Gasteiger charge is 2.43. The van der Waals surface area contributed by atoms with Gasteiger partial charge in [0.15, 0.2) is 5.65 Å². The summed E-state index contributed by atoms with van der Waals surface area (Å²) >= 11 is 0. The monoisotopic (exact) mass is 449 g/mol. The second-order valence-electron chi connectivity index (χ2n) is 8.59. The van der Waals surface area contributed by atoms with Gasteiger partial charge in [-0.05, 0) is 48.8 Å². The van der Waals surface area contributed by atoms with E-state index in [-0.39, 0.29) is 17.8 Å². The van der Waals surface area contributed by atoms with Crippen LogP contribution in [-0.4, -0.2) is 38.8 Å². The highest BCUT2D eigenvalue weighted by atomic mass is 19.1. The summed E-state index contributed by atoms with van der Waals surface area (Å²) in [5.74, 6) is -0.268. The zero-order chi connectivity index (χ0) is 22.7. The second kappa shape index (κ2) is 7.47. The number of ether oxygens (including phenoxy) is 2. The van der Waals surface area contributed by atoms with E-state index in [2.05, 4.69) is 9.97 Å². The molecule has 0 spiro atoms. The zero-order valence-corrected chi connectivity index (χ0v) is 18.1. The minimum Gasteiger partial charge on any atom is -0.480 e. The molecule has 0 N–H and O–H groups in total. The van der Waals surface area contributed by atoms with Crippen LogP contribution in [0.15, 0.2) is 36.7 Å². The predicted octanol–water partition coefficient (Wildman–Crippen LogP) is 4.63. The molecule has 2 saturated carbocycles. The van der Waals surface area contributed by atoms with E-state index in [1.54, 1.807) is 10.7 Å². The summed E-state index contributed by atoms with van der Waals surface area (Å²) in [6.07, 6.45) is 6.58. The molecule has 2 fully saturated rings. The van der Waals surface area contributed by atoms with Crippen LogP contribution in [0.25, 0.3) is 16.9 Å². The number of benzene rings is 1. The van der Waals surface area contributed by atoms with E-state index < -0.39 is 11.6 Å². The van der Waals surface area contributed by atoms with Gasteiger partial charge in [0.1, 0.15) is 11.6 Å². The Hall–Kier alpha value is -3.62. The maximum absolute atomic E-state index is 14.5. The number of aromatic nitrogens is 5. The van der Waals surface area contributed by atoms with Crippen LogP contribution in [0.4, 0.5) is 8.78 Å². The summed E-state index contributed by atoms with van der Waals surface area (Å²) in [4.78, 5) is 13.4. The fraction of sp³-hybridized carbons (Fsp3) is 0.333. The van der Waals surface area contributed by atoms with Crippen LogP contribution in [0.3, 0.4) is 0 Å². The molecule has 2 aliphatic rings. The summed E-state index contributed by atoms with van der Waals surface area (Å²) in [6, 6.07) is 5.94. The highest BCUT2D eigenvalue weighted by Crippen LogP contribution is 2.56. The summed E-state index contributed by atoms with van der Waals surface area (Å²) in [5.41, 5.74) is 4.53. The van der Waals surface area contributed by atoms with E-state index in [9.17, 15) is 8.78 Å². The fourth-order valence-electron chi connectivity index (χ4n) is 4.46. The Morgan fingerprint density at radius 2 is 1.82 bits per heavy atom. The van der Waals surface area contributed by atoms with Gasteiger partial charge in [-0.15, -0.1) is 0 Å². The third kappa shape index (κ3) is 3.48. The van der Waals surface area contributed by atoms with Crippen LogP contribution in [0, 0.1) is 11.6 Å². The second-order valence-corrected chi connectivity index (χ2v) is 8.59. The van der Waals surface area contributed by atoms with Crippen molar-refractivity contribution < 1.29 is 18.3 Å². The molecule has 3 heterocycles. The number of fused-ring (bicyclic) bond motifs is 1. The van der Waals surface area contributed by atoms with E-state index in [1.165, 1.54) is 26.4 Å². The van der Waals surface area contributed by atoms with E-state index in [0.717, 1.165) is 42.2 Å². The molecule has 2 atom stereocenters. The van der Waals surface area contributed by atoms with Crippen LogP contribution >= 0.6 is 0 Å². The Morgan fingerprint density at radius 3 is 2.55 bits per heavy atom. The molecule has 0 saturated heterocycles. The van der Waals surface area contributed by atoms with Crippen LogP contribution in [0.5, 0.6) is 11.9 Å². The van der Waals surface area contributed by atoms with Crippen LogP contribution in [0.1, 0.15) is 53.8 Å². The van der Waals surface area contributed by atoms with E-state index >= 15 is 0 Å².